The summed E-state index contributed by atoms with van der Waals surface area (Å²) in [4.78, 5) is 14.2. The van der Waals surface area contributed by atoms with Crippen LogP contribution in [0, 0.1) is 11.6 Å². The number of amides is 1. The van der Waals surface area contributed by atoms with Gasteiger partial charge in [0, 0.05) is 24.7 Å². The predicted octanol–water partition coefficient (Wildman–Crippen LogP) is 1.33. The smallest absolute Gasteiger partial charge is 0.273 e. The second kappa shape index (κ2) is 7.79. The average molecular weight is 367 g/mol. The first-order valence-electron chi connectivity index (χ1n) is 8.12. The summed E-state index contributed by atoms with van der Waals surface area (Å²) >= 11 is 0. The number of likely N-dealkylation sites (N-methyl/N-ethyl adjacent to an activating group) is 1. The molecule has 1 aromatic heterocycles. The fourth-order valence-electron chi connectivity index (χ4n) is 2.91. The molecular formula is C17H19F2N3O4. The maximum absolute atomic E-state index is 13.5. The first-order chi connectivity index (χ1) is 12.5. The summed E-state index contributed by atoms with van der Waals surface area (Å²) in [5, 5.41) is 15.7. The Balaban J connectivity index is 1.57. The molecule has 0 unspecified atom stereocenters. The van der Waals surface area contributed by atoms with Crippen LogP contribution in [0.3, 0.4) is 0 Å². The van der Waals surface area contributed by atoms with Crippen molar-refractivity contribution in [1.29, 1.82) is 0 Å². The molecule has 1 amide bonds. The van der Waals surface area contributed by atoms with Gasteiger partial charge in [0.25, 0.3) is 5.91 Å². The highest BCUT2D eigenvalue weighted by Gasteiger charge is 2.30. The van der Waals surface area contributed by atoms with Gasteiger partial charge in [0.15, 0.2) is 28.8 Å². The first kappa shape index (κ1) is 18.3. The molecule has 0 bridgehead atoms. The van der Waals surface area contributed by atoms with Crippen molar-refractivity contribution in [3.8, 4) is 5.75 Å². The highest BCUT2D eigenvalue weighted by Crippen LogP contribution is 2.22. The van der Waals surface area contributed by atoms with Gasteiger partial charge in [-0.1, -0.05) is 11.2 Å². The summed E-state index contributed by atoms with van der Waals surface area (Å²) in [7, 11) is 1.88. The molecule has 7 nitrogen and oxygen atoms in total. The molecule has 2 aromatic rings. The molecule has 9 heteroatoms. The van der Waals surface area contributed by atoms with Crippen molar-refractivity contribution in [3.63, 3.8) is 0 Å². The molecule has 2 atom stereocenters. The summed E-state index contributed by atoms with van der Waals surface area (Å²) in [6.07, 6.45) is 0.638. The number of nitrogens with zero attached hydrogens (tertiary/aromatic N) is 2. The third kappa shape index (κ3) is 4.00. The molecular weight excluding hydrogens is 348 g/mol. The molecule has 0 saturated carbocycles. The quantitative estimate of drug-likeness (QED) is 0.801. The number of aliphatic hydroxyl groups excluding tert-OH is 1. The van der Waals surface area contributed by atoms with Crippen LogP contribution in [0.4, 0.5) is 8.78 Å². The number of rotatable bonds is 6. The molecule has 1 aromatic carbocycles. The summed E-state index contributed by atoms with van der Waals surface area (Å²) in [5.74, 6) is -2.43. The average Bonchev–Trinajstić information content (AvgIpc) is 3.21. The Labute approximate surface area is 148 Å². The molecule has 0 spiro atoms. The van der Waals surface area contributed by atoms with Crippen LogP contribution in [0.25, 0.3) is 0 Å². The molecule has 3 rings (SSSR count). The van der Waals surface area contributed by atoms with E-state index in [0.29, 0.717) is 13.0 Å². The van der Waals surface area contributed by atoms with Crippen LogP contribution in [-0.2, 0) is 6.61 Å². The summed E-state index contributed by atoms with van der Waals surface area (Å²) in [6, 6.07) is 4.66. The van der Waals surface area contributed by atoms with Crippen LogP contribution in [0.1, 0.15) is 22.7 Å². The van der Waals surface area contributed by atoms with E-state index < -0.39 is 23.3 Å². The van der Waals surface area contributed by atoms with E-state index in [0.717, 1.165) is 12.1 Å². The highest BCUT2D eigenvalue weighted by molar-refractivity contribution is 5.92. The summed E-state index contributed by atoms with van der Waals surface area (Å²) in [6.45, 7) is 0.384. The molecule has 26 heavy (non-hydrogen) atoms. The van der Waals surface area contributed by atoms with Gasteiger partial charge in [-0.25, -0.2) is 8.78 Å². The number of nitrogens with one attached hydrogen (secondary N) is 1. The van der Waals surface area contributed by atoms with E-state index >= 15 is 0 Å². The molecule has 1 saturated heterocycles. The number of halogens is 2. The fourth-order valence-corrected chi connectivity index (χ4v) is 2.91. The lowest BCUT2D eigenvalue weighted by molar-refractivity contribution is 0.0928. The van der Waals surface area contributed by atoms with Gasteiger partial charge in [0.2, 0.25) is 0 Å². The third-order valence-electron chi connectivity index (χ3n) is 4.30. The first-order valence-corrected chi connectivity index (χ1v) is 8.12. The second-order valence-electron chi connectivity index (χ2n) is 6.20. The summed E-state index contributed by atoms with van der Waals surface area (Å²) < 4.78 is 37.1. The maximum Gasteiger partial charge on any atom is 0.273 e. The van der Waals surface area contributed by atoms with Crippen molar-refractivity contribution < 1.29 is 27.9 Å². The van der Waals surface area contributed by atoms with Gasteiger partial charge in [0.1, 0.15) is 6.61 Å². The van der Waals surface area contributed by atoms with Crippen molar-refractivity contribution in [2.24, 2.45) is 0 Å². The van der Waals surface area contributed by atoms with Crippen LogP contribution in [-0.4, -0.2) is 53.4 Å². The number of likely N-dealkylation sites (tertiary alicyclic amines) is 1. The van der Waals surface area contributed by atoms with E-state index in [1.54, 1.807) is 0 Å². The monoisotopic (exact) mass is 367 g/mol. The SMILES string of the molecule is CN1C[C@H](NC(=O)c2cc(COc3c(F)cccc3F)on2)C[C@H]1CO. The Kier molecular flexibility index (Phi) is 5.48. The van der Waals surface area contributed by atoms with Gasteiger partial charge in [-0.2, -0.15) is 0 Å². The zero-order valence-corrected chi connectivity index (χ0v) is 14.1. The van der Waals surface area contributed by atoms with Crippen molar-refractivity contribution in [2.75, 3.05) is 20.2 Å². The van der Waals surface area contributed by atoms with E-state index in [2.05, 4.69) is 10.5 Å². The molecule has 1 aliphatic rings. The Morgan fingerprint density at radius 2 is 2.19 bits per heavy atom. The van der Waals surface area contributed by atoms with Gasteiger partial charge in [-0.3, -0.25) is 9.69 Å². The minimum atomic E-state index is -0.828. The van der Waals surface area contributed by atoms with Crippen LogP contribution in [0.15, 0.2) is 28.8 Å². The number of para-hydroxylation sites is 1. The van der Waals surface area contributed by atoms with Gasteiger partial charge >= 0.3 is 0 Å². The lowest BCUT2D eigenvalue weighted by Gasteiger charge is -2.14. The van der Waals surface area contributed by atoms with Crippen molar-refractivity contribution in [3.05, 3.63) is 47.4 Å². The van der Waals surface area contributed by atoms with E-state index in [9.17, 15) is 18.7 Å². The van der Waals surface area contributed by atoms with Gasteiger partial charge in [-0.15, -0.1) is 0 Å². The van der Waals surface area contributed by atoms with Crippen LogP contribution >= 0.6 is 0 Å². The molecule has 140 valence electrons. The lowest BCUT2D eigenvalue weighted by atomic mass is 10.2. The maximum atomic E-state index is 13.5. The Morgan fingerprint density at radius 3 is 2.85 bits per heavy atom. The molecule has 2 heterocycles. The van der Waals surface area contributed by atoms with E-state index in [-0.39, 0.29) is 36.8 Å². The van der Waals surface area contributed by atoms with Crippen molar-refractivity contribution in [1.82, 2.24) is 15.4 Å². The predicted molar refractivity (Wildman–Crippen MR) is 86.6 cm³/mol. The molecule has 0 radical (unpaired) electrons. The van der Waals surface area contributed by atoms with E-state index in [4.69, 9.17) is 9.26 Å². The van der Waals surface area contributed by atoms with Gasteiger partial charge < -0.3 is 19.7 Å². The van der Waals surface area contributed by atoms with Gasteiger partial charge in [0.05, 0.1) is 6.61 Å². The highest BCUT2D eigenvalue weighted by atomic mass is 19.1. The zero-order chi connectivity index (χ0) is 18.7. The number of benzene rings is 1. The number of aromatic nitrogens is 1. The van der Waals surface area contributed by atoms with Crippen molar-refractivity contribution >= 4 is 5.91 Å². The number of hydrogen-bond acceptors (Lipinski definition) is 6. The normalized spacial score (nSPS) is 20.3. The molecule has 0 aliphatic carbocycles. The molecule has 1 aliphatic heterocycles. The number of aliphatic hydroxyl groups is 1. The Morgan fingerprint density at radius 1 is 1.46 bits per heavy atom. The minimum absolute atomic E-state index is 0.0113. The standard InChI is InChI=1S/C17H19F2N3O4/c1-22-7-10(5-11(22)8-23)20-17(24)15-6-12(26-21-15)9-25-16-13(18)3-2-4-14(16)19/h2-4,6,10-11,23H,5,7-9H2,1H3,(H,20,24)/t10-,11+/m1/s1. The van der Waals surface area contributed by atoms with Crippen molar-refractivity contribution in [2.45, 2.75) is 25.1 Å². The largest absolute Gasteiger partial charge is 0.479 e. The Hall–Kier alpha value is -2.52. The van der Waals surface area contributed by atoms with E-state index in [1.807, 2.05) is 11.9 Å². The van der Waals surface area contributed by atoms with E-state index in [1.165, 1.54) is 12.1 Å². The lowest BCUT2D eigenvalue weighted by Crippen LogP contribution is -2.36. The van der Waals surface area contributed by atoms with Gasteiger partial charge in [-0.05, 0) is 25.6 Å². The third-order valence-corrected chi connectivity index (χ3v) is 4.30. The summed E-state index contributed by atoms with van der Waals surface area (Å²) in [5.41, 5.74) is 0.0488. The van der Waals surface area contributed by atoms with Crippen LogP contribution in [0.2, 0.25) is 0 Å². The topological polar surface area (TPSA) is 87.8 Å². The van der Waals surface area contributed by atoms with Crippen LogP contribution < -0.4 is 10.1 Å². The van der Waals surface area contributed by atoms with Crippen LogP contribution in [0.5, 0.6) is 5.75 Å². The molecule has 1 fully saturated rings. The number of carbonyl (C=O) groups is 1. The molecule has 2 N–H and O–H groups in total. The number of ether oxygens (including phenoxy) is 1. The number of carbonyl (C=O) groups excluding carboxylic acids is 1. The Bertz CT molecular complexity index is 763. The second-order valence-corrected chi connectivity index (χ2v) is 6.20. The number of hydrogen-bond donors (Lipinski definition) is 2. The zero-order valence-electron chi connectivity index (χ0n) is 14.1. The minimum Gasteiger partial charge on any atom is -0.479 e. The fraction of sp³-hybridized carbons (Fsp3) is 0.412.